The van der Waals surface area contributed by atoms with Gasteiger partial charge in [-0.15, -0.1) is 0 Å². The third kappa shape index (κ3) is 4.23. The van der Waals surface area contributed by atoms with Gasteiger partial charge in [0.1, 0.15) is 31.1 Å². The summed E-state index contributed by atoms with van der Waals surface area (Å²) in [5, 5.41) is 6.91. The molecular weight excluding hydrogens is 316 g/mol. The van der Waals surface area contributed by atoms with Gasteiger partial charge in [-0.1, -0.05) is 36.4 Å². The summed E-state index contributed by atoms with van der Waals surface area (Å²) in [7, 11) is 0. The summed E-state index contributed by atoms with van der Waals surface area (Å²) >= 11 is 0. The highest BCUT2D eigenvalue weighted by Gasteiger charge is 2.17. The highest BCUT2D eigenvalue weighted by molar-refractivity contribution is 5.94. The number of ether oxygens (including phenoxy) is 1. The van der Waals surface area contributed by atoms with E-state index in [1.54, 1.807) is 6.92 Å². The number of nitrogens with one attached hydrogen (secondary N) is 1. The molecule has 0 bridgehead atoms. The Balaban J connectivity index is 1.73. The second kappa shape index (κ2) is 7.61. The summed E-state index contributed by atoms with van der Waals surface area (Å²) in [5.41, 5.74) is 2.76. The molecule has 128 valence electrons. The van der Waals surface area contributed by atoms with Crippen molar-refractivity contribution in [2.24, 2.45) is 0 Å². The Kier molecular flexibility index (Phi) is 5.09. The maximum atomic E-state index is 12.5. The minimum absolute atomic E-state index is 0.182. The normalized spacial score (nSPS) is 11.8. The minimum atomic E-state index is -0.467. The highest BCUT2D eigenvalue weighted by atomic mass is 16.5. The van der Waals surface area contributed by atoms with Crippen LogP contribution in [0.5, 0.6) is 5.75 Å². The van der Waals surface area contributed by atoms with Crippen LogP contribution in [-0.4, -0.2) is 20.7 Å². The molecule has 0 aliphatic heterocycles. The first kappa shape index (κ1) is 16.7. The van der Waals surface area contributed by atoms with E-state index in [-0.39, 0.29) is 5.91 Å². The predicted octanol–water partition coefficient (Wildman–Crippen LogP) is 3.37. The topological polar surface area (TPSA) is 69.0 Å². The second-order valence-corrected chi connectivity index (χ2v) is 5.81. The standard InChI is InChI=1S/C19H20N4O2/c1-14-8-9-17(22-19(24)15(2)23-13-20-12-21-23)18(10-14)25-11-16-6-4-3-5-7-16/h3-10,12-13,15H,11H2,1-2H3,(H,22,24)/t15-/m0/s1. The molecule has 0 fully saturated rings. The van der Waals surface area contributed by atoms with Crippen LogP contribution in [0, 0.1) is 6.92 Å². The average Bonchev–Trinajstić information content (AvgIpc) is 3.16. The molecule has 3 rings (SSSR count). The molecule has 0 radical (unpaired) electrons. The molecule has 0 aliphatic carbocycles. The van der Waals surface area contributed by atoms with E-state index >= 15 is 0 Å². The van der Waals surface area contributed by atoms with Gasteiger partial charge < -0.3 is 10.1 Å². The maximum Gasteiger partial charge on any atom is 0.249 e. The van der Waals surface area contributed by atoms with Crippen LogP contribution >= 0.6 is 0 Å². The molecule has 0 spiro atoms. The Morgan fingerprint density at radius 3 is 2.76 bits per heavy atom. The first-order valence-electron chi connectivity index (χ1n) is 8.06. The third-order valence-electron chi connectivity index (χ3n) is 3.85. The number of carbonyl (C=O) groups is 1. The minimum Gasteiger partial charge on any atom is -0.487 e. The van der Waals surface area contributed by atoms with Crippen molar-refractivity contribution in [3.8, 4) is 5.75 Å². The quantitative estimate of drug-likeness (QED) is 0.749. The number of hydrogen-bond donors (Lipinski definition) is 1. The van der Waals surface area contributed by atoms with E-state index in [4.69, 9.17) is 4.74 Å². The Labute approximate surface area is 146 Å². The van der Waals surface area contributed by atoms with Crippen LogP contribution in [-0.2, 0) is 11.4 Å². The van der Waals surface area contributed by atoms with Gasteiger partial charge in [-0.25, -0.2) is 9.67 Å². The summed E-state index contributed by atoms with van der Waals surface area (Å²) in [5.74, 6) is 0.460. The van der Waals surface area contributed by atoms with Gasteiger partial charge in [0.15, 0.2) is 0 Å². The van der Waals surface area contributed by atoms with Gasteiger partial charge in [-0.05, 0) is 37.1 Å². The van der Waals surface area contributed by atoms with Gasteiger partial charge in [0, 0.05) is 0 Å². The van der Waals surface area contributed by atoms with Crippen LogP contribution in [0.15, 0.2) is 61.2 Å². The van der Waals surface area contributed by atoms with Crippen LogP contribution in [0.2, 0.25) is 0 Å². The van der Waals surface area contributed by atoms with Gasteiger partial charge >= 0.3 is 0 Å². The molecule has 1 heterocycles. The number of amides is 1. The second-order valence-electron chi connectivity index (χ2n) is 5.81. The molecule has 1 atom stereocenters. The molecule has 0 aliphatic rings. The number of carbonyl (C=O) groups excluding carboxylic acids is 1. The van der Waals surface area contributed by atoms with Crippen LogP contribution in [0.1, 0.15) is 24.1 Å². The van der Waals surface area contributed by atoms with Gasteiger partial charge in [0.25, 0.3) is 0 Å². The number of nitrogens with zero attached hydrogens (tertiary/aromatic N) is 3. The Morgan fingerprint density at radius 1 is 1.24 bits per heavy atom. The third-order valence-corrected chi connectivity index (χ3v) is 3.85. The number of benzene rings is 2. The van der Waals surface area contributed by atoms with Gasteiger partial charge in [0.2, 0.25) is 5.91 Å². The van der Waals surface area contributed by atoms with Crippen molar-refractivity contribution in [3.63, 3.8) is 0 Å². The molecule has 6 nitrogen and oxygen atoms in total. The monoisotopic (exact) mass is 336 g/mol. The van der Waals surface area contributed by atoms with Crippen molar-refractivity contribution >= 4 is 11.6 Å². The van der Waals surface area contributed by atoms with E-state index in [9.17, 15) is 4.79 Å². The Morgan fingerprint density at radius 2 is 2.04 bits per heavy atom. The first-order chi connectivity index (χ1) is 12.1. The van der Waals surface area contributed by atoms with Crippen molar-refractivity contribution in [2.45, 2.75) is 26.5 Å². The zero-order chi connectivity index (χ0) is 17.6. The van der Waals surface area contributed by atoms with E-state index in [0.717, 1.165) is 11.1 Å². The molecule has 1 N–H and O–H groups in total. The lowest BCUT2D eigenvalue weighted by atomic mass is 10.2. The number of hydrogen-bond acceptors (Lipinski definition) is 4. The van der Waals surface area contributed by atoms with Gasteiger partial charge in [-0.3, -0.25) is 4.79 Å². The maximum absolute atomic E-state index is 12.5. The number of aryl methyl sites for hydroxylation is 1. The van der Waals surface area contributed by atoms with Crippen molar-refractivity contribution in [1.82, 2.24) is 14.8 Å². The largest absolute Gasteiger partial charge is 0.487 e. The van der Waals surface area contributed by atoms with E-state index in [1.807, 2.05) is 55.5 Å². The Hall–Kier alpha value is -3.15. The average molecular weight is 336 g/mol. The lowest BCUT2D eigenvalue weighted by molar-refractivity contribution is -0.119. The molecular formula is C19H20N4O2. The molecule has 0 unspecified atom stereocenters. The van der Waals surface area contributed by atoms with Crippen molar-refractivity contribution < 1.29 is 9.53 Å². The van der Waals surface area contributed by atoms with Crippen molar-refractivity contribution in [3.05, 3.63) is 72.3 Å². The van der Waals surface area contributed by atoms with Crippen LogP contribution in [0.4, 0.5) is 5.69 Å². The number of anilines is 1. The van der Waals surface area contributed by atoms with E-state index in [1.165, 1.54) is 17.3 Å². The fourth-order valence-electron chi connectivity index (χ4n) is 2.36. The fourth-order valence-corrected chi connectivity index (χ4v) is 2.36. The number of aromatic nitrogens is 3. The van der Waals surface area contributed by atoms with Crippen molar-refractivity contribution in [1.29, 1.82) is 0 Å². The van der Waals surface area contributed by atoms with Crippen LogP contribution < -0.4 is 10.1 Å². The van der Waals surface area contributed by atoms with Crippen LogP contribution in [0.3, 0.4) is 0 Å². The zero-order valence-corrected chi connectivity index (χ0v) is 14.2. The summed E-state index contributed by atoms with van der Waals surface area (Å²) in [6.07, 6.45) is 2.93. The molecule has 1 aromatic heterocycles. The molecule has 25 heavy (non-hydrogen) atoms. The highest BCUT2D eigenvalue weighted by Crippen LogP contribution is 2.27. The fraction of sp³-hybridized carbons (Fsp3) is 0.211. The van der Waals surface area contributed by atoms with Gasteiger partial charge in [0.05, 0.1) is 5.69 Å². The summed E-state index contributed by atoms with van der Waals surface area (Å²) in [4.78, 5) is 16.3. The summed E-state index contributed by atoms with van der Waals surface area (Å²) < 4.78 is 7.43. The molecule has 0 saturated heterocycles. The molecule has 2 aromatic carbocycles. The molecule has 0 saturated carbocycles. The lowest BCUT2D eigenvalue weighted by Gasteiger charge is -2.16. The number of rotatable bonds is 6. The molecule has 3 aromatic rings. The van der Waals surface area contributed by atoms with Gasteiger partial charge in [-0.2, -0.15) is 5.10 Å². The van der Waals surface area contributed by atoms with E-state index < -0.39 is 6.04 Å². The Bertz CT molecular complexity index is 832. The first-order valence-corrected chi connectivity index (χ1v) is 8.06. The SMILES string of the molecule is Cc1ccc(NC(=O)[C@H](C)n2cncn2)c(OCc2ccccc2)c1. The molecule has 6 heteroatoms. The summed E-state index contributed by atoms with van der Waals surface area (Å²) in [6.45, 7) is 4.19. The van der Waals surface area contributed by atoms with Crippen LogP contribution in [0.25, 0.3) is 0 Å². The molecule has 1 amide bonds. The van der Waals surface area contributed by atoms with Crippen molar-refractivity contribution in [2.75, 3.05) is 5.32 Å². The zero-order valence-electron chi connectivity index (χ0n) is 14.2. The van der Waals surface area contributed by atoms with E-state index in [2.05, 4.69) is 15.4 Å². The smallest absolute Gasteiger partial charge is 0.249 e. The predicted molar refractivity (Wildman–Crippen MR) is 95.3 cm³/mol. The lowest BCUT2D eigenvalue weighted by Crippen LogP contribution is -2.24. The summed E-state index contributed by atoms with van der Waals surface area (Å²) in [6, 6.07) is 15.1. The van der Waals surface area contributed by atoms with E-state index in [0.29, 0.717) is 18.0 Å².